The predicted octanol–water partition coefficient (Wildman–Crippen LogP) is 4.41. The minimum Gasteiger partial charge on any atom is -0.496 e. The van der Waals surface area contributed by atoms with Gasteiger partial charge in [-0.05, 0) is 33.7 Å². The number of hydrogen-bond donors (Lipinski definition) is 0. The van der Waals surface area contributed by atoms with Crippen molar-refractivity contribution in [2.75, 3.05) is 7.11 Å². The van der Waals surface area contributed by atoms with Crippen LogP contribution in [0.3, 0.4) is 0 Å². The predicted molar refractivity (Wildman–Crippen MR) is 82.1 cm³/mol. The van der Waals surface area contributed by atoms with Crippen LogP contribution in [0.25, 0.3) is 32.3 Å². The maximum Gasteiger partial charge on any atom is 0.150 e. The highest BCUT2D eigenvalue weighted by atomic mass is 16.5. The molecule has 0 saturated carbocycles. The van der Waals surface area contributed by atoms with Crippen LogP contribution < -0.4 is 4.74 Å². The SMILES string of the molecule is COc1ccc2ccc3c(C=O)ccc4ccc1c2c43. The maximum absolute atomic E-state index is 11.3. The topological polar surface area (TPSA) is 26.3 Å². The van der Waals surface area contributed by atoms with Gasteiger partial charge in [-0.3, -0.25) is 4.79 Å². The number of ether oxygens (including phenoxy) is 1. The molecule has 4 aromatic rings. The fourth-order valence-electron chi connectivity index (χ4n) is 3.08. The van der Waals surface area contributed by atoms with Gasteiger partial charge in [-0.25, -0.2) is 0 Å². The molecule has 0 atom stereocenters. The lowest BCUT2D eigenvalue weighted by Crippen LogP contribution is -1.90. The minimum atomic E-state index is 0.731. The number of hydrogen-bond acceptors (Lipinski definition) is 2. The molecule has 0 saturated heterocycles. The number of aldehydes is 1. The van der Waals surface area contributed by atoms with Crippen LogP contribution >= 0.6 is 0 Å². The van der Waals surface area contributed by atoms with Gasteiger partial charge in [0.25, 0.3) is 0 Å². The summed E-state index contributed by atoms with van der Waals surface area (Å²) in [5.41, 5.74) is 0.731. The van der Waals surface area contributed by atoms with Gasteiger partial charge in [-0.2, -0.15) is 0 Å². The Morgan fingerprint density at radius 3 is 2.10 bits per heavy atom. The third-order valence-electron chi connectivity index (χ3n) is 4.01. The van der Waals surface area contributed by atoms with Crippen LogP contribution in [0.15, 0.2) is 48.5 Å². The van der Waals surface area contributed by atoms with Gasteiger partial charge in [0.15, 0.2) is 6.29 Å². The first-order chi connectivity index (χ1) is 9.83. The van der Waals surface area contributed by atoms with E-state index in [0.717, 1.165) is 39.1 Å². The molecule has 4 rings (SSSR count). The highest BCUT2D eigenvalue weighted by molar-refractivity contribution is 6.26. The normalized spacial score (nSPS) is 11.4. The molecule has 0 fully saturated rings. The third kappa shape index (κ3) is 1.31. The average Bonchev–Trinajstić information content (AvgIpc) is 2.52. The van der Waals surface area contributed by atoms with Gasteiger partial charge in [0.1, 0.15) is 5.75 Å². The largest absolute Gasteiger partial charge is 0.496 e. The molecule has 0 spiro atoms. The highest BCUT2D eigenvalue weighted by Crippen LogP contribution is 2.39. The van der Waals surface area contributed by atoms with E-state index in [1.165, 1.54) is 10.8 Å². The summed E-state index contributed by atoms with van der Waals surface area (Å²) < 4.78 is 5.46. The Bertz CT molecular complexity index is 954. The Morgan fingerprint density at radius 2 is 1.40 bits per heavy atom. The van der Waals surface area contributed by atoms with Crippen LogP contribution in [0.2, 0.25) is 0 Å². The van der Waals surface area contributed by atoms with Crippen molar-refractivity contribution in [3.8, 4) is 5.75 Å². The van der Waals surface area contributed by atoms with Gasteiger partial charge >= 0.3 is 0 Å². The van der Waals surface area contributed by atoms with Crippen molar-refractivity contribution in [3.63, 3.8) is 0 Å². The Balaban J connectivity index is 2.36. The van der Waals surface area contributed by atoms with Crippen molar-refractivity contribution in [3.05, 3.63) is 54.1 Å². The van der Waals surface area contributed by atoms with Crippen LogP contribution in [-0.2, 0) is 0 Å². The molecule has 0 amide bonds. The Labute approximate surface area is 115 Å². The molecule has 20 heavy (non-hydrogen) atoms. The zero-order valence-corrected chi connectivity index (χ0v) is 11.0. The Kier molecular flexibility index (Phi) is 2.21. The first-order valence-corrected chi connectivity index (χ1v) is 6.53. The Hall–Kier alpha value is -2.61. The monoisotopic (exact) mass is 260 g/mol. The highest BCUT2D eigenvalue weighted by Gasteiger charge is 2.12. The standard InChI is InChI=1S/C18H12O2/c1-20-16-9-6-12-4-7-14-13(10-19)3-2-11-5-8-15(16)18(12)17(11)14/h2-10H,1H3. The summed E-state index contributed by atoms with van der Waals surface area (Å²) >= 11 is 0. The number of carbonyl (C=O) groups excluding carboxylic acids is 1. The summed E-state index contributed by atoms with van der Waals surface area (Å²) in [6, 6.07) is 16.2. The molecule has 0 aliphatic rings. The molecule has 0 aliphatic heterocycles. The van der Waals surface area contributed by atoms with E-state index in [4.69, 9.17) is 4.74 Å². The van der Waals surface area contributed by atoms with Gasteiger partial charge in [0.05, 0.1) is 7.11 Å². The molecule has 0 unspecified atom stereocenters. The van der Waals surface area contributed by atoms with E-state index in [1.54, 1.807) is 7.11 Å². The van der Waals surface area contributed by atoms with Gasteiger partial charge in [0.2, 0.25) is 0 Å². The lowest BCUT2D eigenvalue weighted by atomic mass is 9.92. The van der Waals surface area contributed by atoms with Crippen molar-refractivity contribution in [2.45, 2.75) is 0 Å². The lowest BCUT2D eigenvalue weighted by Gasteiger charge is -2.13. The molecule has 96 valence electrons. The van der Waals surface area contributed by atoms with Crippen LogP contribution in [0.5, 0.6) is 5.75 Å². The second kappa shape index (κ2) is 3.94. The molecule has 0 bridgehead atoms. The molecule has 4 aromatic carbocycles. The number of methoxy groups -OCH3 is 1. The fraction of sp³-hybridized carbons (Fsp3) is 0.0556. The Morgan fingerprint density at radius 1 is 0.800 bits per heavy atom. The number of benzene rings is 4. The lowest BCUT2D eigenvalue weighted by molar-refractivity contribution is 0.112. The molecular weight excluding hydrogens is 248 g/mol. The van der Waals surface area contributed by atoms with E-state index in [2.05, 4.69) is 24.3 Å². The smallest absolute Gasteiger partial charge is 0.150 e. The van der Waals surface area contributed by atoms with Gasteiger partial charge < -0.3 is 4.74 Å². The summed E-state index contributed by atoms with van der Waals surface area (Å²) in [6.07, 6.45) is 0.920. The molecule has 0 radical (unpaired) electrons. The van der Waals surface area contributed by atoms with Crippen LogP contribution in [0, 0.1) is 0 Å². The van der Waals surface area contributed by atoms with E-state index >= 15 is 0 Å². The van der Waals surface area contributed by atoms with E-state index in [0.29, 0.717) is 0 Å². The van der Waals surface area contributed by atoms with Crippen molar-refractivity contribution in [1.82, 2.24) is 0 Å². The quantitative estimate of drug-likeness (QED) is 0.394. The van der Waals surface area contributed by atoms with Crippen LogP contribution in [0.4, 0.5) is 0 Å². The average molecular weight is 260 g/mol. The minimum absolute atomic E-state index is 0.731. The van der Waals surface area contributed by atoms with Crippen molar-refractivity contribution >= 4 is 38.6 Å². The van der Waals surface area contributed by atoms with Crippen molar-refractivity contribution in [2.24, 2.45) is 0 Å². The molecule has 0 heterocycles. The second-order valence-corrected chi connectivity index (χ2v) is 4.96. The molecule has 0 N–H and O–H groups in total. The zero-order valence-electron chi connectivity index (χ0n) is 11.0. The van der Waals surface area contributed by atoms with Crippen LogP contribution in [0.1, 0.15) is 10.4 Å². The van der Waals surface area contributed by atoms with Crippen molar-refractivity contribution in [1.29, 1.82) is 0 Å². The molecule has 0 aromatic heterocycles. The van der Waals surface area contributed by atoms with Gasteiger partial charge in [-0.15, -0.1) is 0 Å². The van der Waals surface area contributed by atoms with Gasteiger partial charge in [0, 0.05) is 16.3 Å². The first-order valence-electron chi connectivity index (χ1n) is 6.53. The number of carbonyl (C=O) groups is 1. The maximum atomic E-state index is 11.3. The fourth-order valence-corrected chi connectivity index (χ4v) is 3.08. The first kappa shape index (κ1) is 11.2. The summed E-state index contributed by atoms with van der Waals surface area (Å²) in [5.74, 6) is 0.864. The van der Waals surface area contributed by atoms with Crippen molar-refractivity contribution < 1.29 is 9.53 Å². The van der Waals surface area contributed by atoms with Crippen LogP contribution in [-0.4, -0.2) is 13.4 Å². The van der Waals surface area contributed by atoms with Gasteiger partial charge in [-0.1, -0.05) is 36.4 Å². The zero-order chi connectivity index (χ0) is 13.7. The van der Waals surface area contributed by atoms with E-state index in [9.17, 15) is 4.79 Å². The summed E-state index contributed by atoms with van der Waals surface area (Å²) in [6.45, 7) is 0. The van der Waals surface area contributed by atoms with E-state index < -0.39 is 0 Å². The molecular formula is C18H12O2. The second-order valence-electron chi connectivity index (χ2n) is 4.96. The molecule has 2 heteroatoms. The summed E-state index contributed by atoms with van der Waals surface area (Å²) in [5, 5.41) is 6.72. The summed E-state index contributed by atoms with van der Waals surface area (Å²) in [4.78, 5) is 11.3. The third-order valence-corrected chi connectivity index (χ3v) is 4.01. The number of rotatable bonds is 2. The van der Waals surface area contributed by atoms with E-state index in [-0.39, 0.29) is 0 Å². The summed E-state index contributed by atoms with van der Waals surface area (Å²) in [7, 11) is 1.68. The molecule has 2 nitrogen and oxygen atoms in total. The van der Waals surface area contributed by atoms with E-state index in [1.807, 2.05) is 24.3 Å². The molecule has 0 aliphatic carbocycles.